The Morgan fingerprint density at radius 1 is 1.21 bits per heavy atom. The summed E-state index contributed by atoms with van der Waals surface area (Å²) in [7, 11) is 4.84. The summed E-state index contributed by atoms with van der Waals surface area (Å²) in [5.74, 6) is 1.18. The van der Waals surface area contributed by atoms with E-state index in [4.69, 9.17) is 25.8 Å². The van der Waals surface area contributed by atoms with Crippen LogP contribution in [-0.4, -0.2) is 41.0 Å². The van der Waals surface area contributed by atoms with E-state index in [9.17, 15) is 0 Å². The van der Waals surface area contributed by atoms with Gasteiger partial charge >= 0.3 is 0 Å². The predicted molar refractivity (Wildman–Crippen MR) is 78.3 cm³/mol. The van der Waals surface area contributed by atoms with Crippen molar-refractivity contribution in [1.82, 2.24) is 5.32 Å². The molecule has 0 aromatic heterocycles. The zero-order valence-corrected chi connectivity index (χ0v) is 12.3. The normalized spacial score (nSPS) is 10.9. The molecule has 1 N–H and O–H groups in total. The van der Waals surface area contributed by atoms with Gasteiger partial charge in [-0.25, -0.2) is 0 Å². The molecule has 0 fully saturated rings. The predicted octanol–water partition coefficient (Wildman–Crippen LogP) is 2.61. The van der Waals surface area contributed by atoms with Crippen molar-refractivity contribution in [3.63, 3.8) is 0 Å². The van der Waals surface area contributed by atoms with Crippen LogP contribution < -0.4 is 14.8 Å². The highest BCUT2D eigenvalue weighted by atomic mass is 35.5. The van der Waals surface area contributed by atoms with Gasteiger partial charge in [0, 0.05) is 20.2 Å². The molecule has 0 aliphatic heterocycles. The summed E-state index contributed by atoms with van der Waals surface area (Å²) < 4.78 is 15.4. The monoisotopic (exact) mass is 285 g/mol. The Bertz CT molecular complexity index is 421. The molecule has 106 valence electrons. The van der Waals surface area contributed by atoms with Crippen molar-refractivity contribution >= 4 is 17.7 Å². The van der Waals surface area contributed by atoms with Gasteiger partial charge in [0.15, 0.2) is 11.5 Å². The Morgan fingerprint density at radius 3 is 2.63 bits per heavy atom. The molecule has 19 heavy (non-hydrogen) atoms. The van der Waals surface area contributed by atoms with Crippen LogP contribution in [0, 0.1) is 0 Å². The van der Waals surface area contributed by atoms with Crippen LogP contribution in [0.3, 0.4) is 0 Å². The fourth-order valence-electron chi connectivity index (χ4n) is 1.58. The van der Waals surface area contributed by atoms with Crippen LogP contribution in [0.2, 0.25) is 5.02 Å². The van der Waals surface area contributed by atoms with Gasteiger partial charge in [0.2, 0.25) is 0 Å². The molecule has 0 saturated carbocycles. The van der Waals surface area contributed by atoms with Gasteiger partial charge in [-0.1, -0.05) is 23.8 Å². The minimum Gasteiger partial charge on any atom is -0.493 e. The molecular weight excluding hydrogens is 266 g/mol. The average molecular weight is 286 g/mol. The second kappa shape index (κ2) is 8.80. The Balaban J connectivity index is 2.66. The molecule has 1 aromatic rings. The van der Waals surface area contributed by atoms with Gasteiger partial charge in [0.25, 0.3) is 0 Å². The first kappa shape index (κ1) is 15.8. The summed E-state index contributed by atoms with van der Waals surface area (Å²) in [4.78, 5) is 0. The Labute approximate surface area is 119 Å². The molecule has 0 radical (unpaired) electrons. The average Bonchev–Trinajstić information content (AvgIpc) is 2.43. The largest absolute Gasteiger partial charge is 0.493 e. The SMILES string of the molecule is COCCNCC=Cc1ccc(OC)c(OC)c1Cl. The minimum atomic E-state index is 0.551. The maximum absolute atomic E-state index is 6.26. The van der Waals surface area contributed by atoms with Crippen LogP contribution >= 0.6 is 11.6 Å². The number of rotatable bonds is 8. The van der Waals surface area contributed by atoms with Crippen molar-refractivity contribution in [2.45, 2.75) is 0 Å². The van der Waals surface area contributed by atoms with E-state index in [-0.39, 0.29) is 0 Å². The molecule has 0 saturated heterocycles. The van der Waals surface area contributed by atoms with E-state index in [0.29, 0.717) is 23.1 Å². The maximum Gasteiger partial charge on any atom is 0.179 e. The van der Waals surface area contributed by atoms with Crippen molar-refractivity contribution in [3.05, 3.63) is 28.8 Å². The molecule has 0 unspecified atom stereocenters. The van der Waals surface area contributed by atoms with Crippen LogP contribution in [0.15, 0.2) is 18.2 Å². The van der Waals surface area contributed by atoms with Crippen molar-refractivity contribution in [3.8, 4) is 11.5 Å². The molecule has 1 aromatic carbocycles. The molecule has 0 amide bonds. The number of halogens is 1. The lowest BCUT2D eigenvalue weighted by atomic mass is 10.2. The summed E-state index contributed by atoms with van der Waals surface area (Å²) in [5, 5.41) is 3.77. The van der Waals surface area contributed by atoms with E-state index in [1.165, 1.54) is 0 Å². The second-order valence-corrected chi connectivity index (χ2v) is 4.18. The van der Waals surface area contributed by atoms with Crippen LogP contribution in [0.1, 0.15) is 5.56 Å². The van der Waals surface area contributed by atoms with Gasteiger partial charge in [-0.2, -0.15) is 0 Å². The zero-order valence-electron chi connectivity index (χ0n) is 11.5. The summed E-state index contributed by atoms with van der Waals surface area (Å²) in [6.07, 6.45) is 3.95. The van der Waals surface area contributed by atoms with Gasteiger partial charge in [0.05, 0.1) is 25.8 Å². The number of nitrogens with one attached hydrogen (secondary N) is 1. The first-order chi connectivity index (χ1) is 9.24. The topological polar surface area (TPSA) is 39.7 Å². The first-order valence-electron chi connectivity index (χ1n) is 6.01. The van der Waals surface area contributed by atoms with Crippen molar-refractivity contribution in [2.75, 3.05) is 41.0 Å². The third-order valence-corrected chi connectivity index (χ3v) is 2.95. The second-order valence-electron chi connectivity index (χ2n) is 3.80. The first-order valence-corrected chi connectivity index (χ1v) is 6.39. The summed E-state index contributed by atoms with van der Waals surface area (Å²) in [6.45, 7) is 2.28. The summed E-state index contributed by atoms with van der Waals surface area (Å²) in [6, 6.07) is 3.73. The zero-order chi connectivity index (χ0) is 14.1. The van der Waals surface area contributed by atoms with Gasteiger partial charge in [-0.05, 0) is 17.7 Å². The van der Waals surface area contributed by atoms with Crippen LogP contribution in [-0.2, 0) is 4.74 Å². The molecule has 0 bridgehead atoms. The van der Waals surface area contributed by atoms with Crippen molar-refractivity contribution < 1.29 is 14.2 Å². The van der Waals surface area contributed by atoms with Crippen LogP contribution in [0.5, 0.6) is 11.5 Å². The fraction of sp³-hybridized carbons (Fsp3) is 0.429. The number of ether oxygens (including phenoxy) is 3. The van der Waals surface area contributed by atoms with Crippen molar-refractivity contribution in [2.24, 2.45) is 0 Å². The van der Waals surface area contributed by atoms with Crippen LogP contribution in [0.4, 0.5) is 0 Å². The molecule has 0 aliphatic rings. The number of hydrogen-bond acceptors (Lipinski definition) is 4. The van der Waals surface area contributed by atoms with Crippen molar-refractivity contribution in [1.29, 1.82) is 0 Å². The molecule has 5 heteroatoms. The third kappa shape index (κ3) is 4.74. The van der Waals surface area contributed by atoms with Gasteiger partial charge in [0.1, 0.15) is 0 Å². The molecule has 1 rings (SSSR count). The number of benzene rings is 1. The maximum atomic E-state index is 6.26. The van der Waals surface area contributed by atoms with E-state index < -0.39 is 0 Å². The lowest BCUT2D eigenvalue weighted by Crippen LogP contribution is -2.18. The highest BCUT2D eigenvalue weighted by Gasteiger charge is 2.10. The smallest absolute Gasteiger partial charge is 0.179 e. The standard InChI is InChI=1S/C14H20ClNO3/c1-17-10-9-16-8-4-5-11-6-7-12(18-2)14(19-3)13(11)15/h4-7,16H,8-10H2,1-3H3. The Morgan fingerprint density at radius 2 is 2.00 bits per heavy atom. The Hall–Kier alpha value is -1.23. The van der Waals surface area contributed by atoms with Crippen LogP contribution in [0.25, 0.3) is 6.08 Å². The van der Waals surface area contributed by atoms with E-state index in [1.54, 1.807) is 21.3 Å². The quantitative estimate of drug-likeness (QED) is 0.746. The number of methoxy groups -OCH3 is 3. The number of hydrogen-bond donors (Lipinski definition) is 1. The highest BCUT2D eigenvalue weighted by Crippen LogP contribution is 2.37. The highest BCUT2D eigenvalue weighted by molar-refractivity contribution is 6.33. The van der Waals surface area contributed by atoms with E-state index >= 15 is 0 Å². The van der Waals surface area contributed by atoms with Gasteiger partial charge < -0.3 is 19.5 Å². The molecule has 0 atom stereocenters. The lowest BCUT2D eigenvalue weighted by Gasteiger charge is -2.10. The lowest BCUT2D eigenvalue weighted by molar-refractivity contribution is 0.200. The van der Waals surface area contributed by atoms with Gasteiger partial charge in [-0.3, -0.25) is 0 Å². The molecule has 0 aliphatic carbocycles. The van der Waals surface area contributed by atoms with E-state index in [1.807, 2.05) is 24.3 Å². The third-order valence-electron chi connectivity index (χ3n) is 2.56. The molecule has 4 nitrogen and oxygen atoms in total. The minimum absolute atomic E-state index is 0.551. The molecule has 0 heterocycles. The molecule has 0 spiro atoms. The summed E-state index contributed by atoms with van der Waals surface area (Å²) >= 11 is 6.26. The molecular formula is C14H20ClNO3. The fourth-order valence-corrected chi connectivity index (χ4v) is 1.88. The van der Waals surface area contributed by atoms with Gasteiger partial charge in [-0.15, -0.1) is 0 Å². The summed E-state index contributed by atoms with van der Waals surface area (Å²) in [5.41, 5.74) is 0.896. The Kier molecular flexibility index (Phi) is 7.33. The van der Waals surface area contributed by atoms with E-state index in [0.717, 1.165) is 18.7 Å². The van der Waals surface area contributed by atoms with E-state index in [2.05, 4.69) is 5.32 Å².